The van der Waals surface area contributed by atoms with E-state index < -0.39 is 0 Å². The Morgan fingerprint density at radius 2 is 2.18 bits per heavy atom. The molecule has 0 unspecified atom stereocenters. The summed E-state index contributed by atoms with van der Waals surface area (Å²) in [5.74, 6) is 0. The molecule has 1 saturated carbocycles. The fourth-order valence-corrected chi connectivity index (χ4v) is 4.15. The molecule has 0 radical (unpaired) electrons. The van der Waals surface area contributed by atoms with E-state index >= 15 is 0 Å². The molecule has 1 aliphatic carbocycles. The van der Waals surface area contributed by atoms with E-state index in [1.54, 1.807) is 11.3 Å². The molecular weight excluding hydrogens is 294 g/mol. The van der Waals surface area contributed by atoms with Gasteiger partial charge in [-0.2, -0.15) is 16.6 Å². The van der Waals surface area contributed by atoms with Crippen molar-refractivity contribution in [2.75, 3.05) is 0 Å². The molecule has 3 heterocycles. The van der Waals surface area contributed by atoms with E-state index in [2.05, 4.69) is 21.8 Å². The lowest BCUT2D eigenvalue weighted by molar-refractivity contribution is 0.535. The monoisotopic (exact) mass is 309 g/mol. The van der Waals surface area contributed by atoms with E-state index in [0.29, 0.717) is 17.0 Å². The van der Waals surface area contributed by atoms with E-state index in [1.807, 2.05) is 16.8 Å². The van der Waals surface area contributed by atoms with Gasteiger partial charge in [0, 0.05) is 24.0 Å². The maximum Gasteiger partial charge on any atom is 0.258 e. The molecule has 3 aromatic heterocycles. The Kier molecular flexibility index (Phi) is 3.12. The van der Waals surface area contributed by atoms with Crippen LogP contribution in [0.5, 0.6) is 0 Å². The number of hydrogen-bond donors (Lipinski definition) is 1. The first kappa shape index (κ1) is 13.4. The lowest BCUT2D eigenvalue weighted by atomic mass is 10.1. The molecule has 0 aliphatic heterocycles. The van der Waals surface area contributed by atoms with Crippen LogP contribution in [-0.4, -0.2) is 9.55 Å². The number of aromatic amines is 1. The van der Waals surface area contributed by atoms with Gasteiger partial charge in [-0.3, -0.25) is 4.79 Å². The number of pyridine rings is 1. The molecule has 0 bridgehead atoms. The molecule has 0 saturated heterocycles. The average Bonchev–Trinajstić information content (AvgIpc) is 3.27. The Morgan fingerprint density at radius 3 is 2.86 bits per heavy atom. The van der Waals surface area contributed by atoms with Gasteiger partial charge < -0.3 is 9.55 Å². The predicted octanol–water partition coefficient (Wildman–Crippen LogP) is 4.04. The Labute approximate surface area is 131 Å². The van der Waals surface area contributed by atoms with Crippen molar-refractivity contribution in [3.63, 3.8) is 0 Å². The predicted molar refractivity (Wildman–Crippen MR) is 88.1 cm³/mol. The summed E-state index contributed by atoms with van der Waals surface area (Å²) in [6.45, 7) is 0. The van der Waals surface area contributed by atoms with Crippen LogP contribution in [0.1, 0.15) is 37.3 Å². The summed E-state index contributed by atoms with van der Waals surface area (Å²) in [7, 11) is 0. The van der Waals surface area contributed by atoms with Crippen molar-refractivity contribution in [1.82, 2.24) is 9.55 Å². The third-order valence-corrected chi connectivity index (χ3v) is 5.22. The van der Waals surface area contributed by atoms with Crippen LogP contribution in [0, 0.1) is 11.3 Å². The van der Waals surface area contributed by atoms with Crippen molar-refractivity contribution in [2.45, 2.75) is 31.7 Å². The molecule has 110 valence electrons. The topological polar surface area (TPSA) is 61.6 Å². The minimum Gasteiger partial charge on any atom is -0.342 e. The van der Waals surface area contributed by atoms with Gasteiger partial charge in [-0.15, -0.1) is 0 Å². The van der Waals surface area contributed by atoms with Gasteiger partial charge in [-0.25, -0.2) is 0 Å². The van der Waals surface area contributed by atoms with Crippen LogP contribution >= 0.6 is 11.3 Å². The number of H-pyrrole nitrogens is 1. The third kappa shape index (κ3) is 1.92. The Balaban J connectivity index is 2.09. The van der Waals surface area contributed by atoms with E-state index in [4.69, 9.17) is 0 Å². The average molecular weight is 309 g/mol. The Morgan fingerprint density at radius 1 is 1.36 bits per heavy atom. The summed E-state index contributed by atoms with van der Waals surface area (Å²) in [5.41, 5.74) is 3.20. The van der Waals surface area contributed by atoms with Crippen molar-refractivity contribution in [2.24, 2.45) is 0 Å². The molecule has 4 rings (SSSR count). The lowest BCUT2D eigenvalue weighted by Crippen LogP contribution is -2.09. The maximum atomic E-state index is 12.4. The van der Waals surface area contributed by atoms with Crippen LogP contribution in [-0.2, 0) is 0 Å². The number of hydrogen-bond acceptors (Lipinski definition) is 3. The lowest BCUT2D eigenvalue weighted by Gasteiger charge is -2.13. The van der Waals surface area contributed by atoms with Gasteiger partial charge in [0.25, 0.3) is 5.56 Å². The zero-order valence-electron chi connectivity index (χ0n) is 12.0. The number of nitrogens with zero attached hydrogens (tertiary/aromatic N) is 2. The summed E-state index contributed by atoms with van der Waals surface area (Å²) in [6, 6.07) is 4.65. The van der Waals surface area contributed by atoms with Gasteiger partial charge in [-0.1, -0.05) is 12.8 Å². The van der Waals surface area contributed by atoms with E-state index in [9.17, 15) is 10.1 Å². The zero-order valence-corrected chi connectivity index (χ0v) is 12.8. The Bertz CT molecular complexity index is 921. The second-order valence-corrected chi connectivity index (χ2v) is 6.55. The Hall–Kier alpha value is -2.32. The highest BCUT2D eigenvalue weighted by atomic mass is 32.1. The summed E-state index contributed by atoms with van der Waals surface area (Å²) in [5, 5.41) is 14.2. The molecule has 1 aliphatic rings. The van der Waals surface area contributed by atoms with Crippen LogP contribution in [0.2, 0.25) is 0 Å². The van der Waals surface area contributed by atoms with Crippen LogP contribution in [0.25, 0.3) is 22.0 Å². The molecule has 3 aromatic rings. The van der Waals surface area contributed by atoms with Gasteiger partial charge in [0.05, 0.1) is 16.5 Å². The summed E-state index contributed by atoms with van der Waals surface area (Å²) >= 11 is 1.61. The maximum absolute atomic E-state index is 12.4. The highest BCUT2D eigenvalue weighted by Crippen LogP contribution is 2.37. The van der Waals surface area contributed by atoms with Crippen LogP contribution in [0.3, 0.4) is 0 Å². The number of fused-ring (bicyclic) bond motifs is 1. The first-order valence-electron chi connectivity index (χ1n) is 7.48. The van der Waals surface area contributed by atoms with E-state index in [0.717, 1.165) is 29.5 Å². The molecule has 0 spiro atoms. The van der Waals surface area contributed by atoms with Gasteiger partial charge in [0.2, 0.25) is 0 Å². The quantitative estimate of drug-likeness (QED) is 0.776. The van der Waals surface area contributed by atoms with Gasteiger partial charge in [0.1, 0.15) is 6.07 Å². The minimum atomic E-state index is -0.119. The second-order valence-electron chi connectivity index (χ2n) is 5.77. The molecule has 0 atom stereocenters. The van der Waals surface area contributed by atoms with Gasteiger partial charge in [-0.05, 0) is 35.2 Å². The summed E-state index contributed by atoms with van der Waals surface area (Å²) in [6.07, 6.45) is 8.26. The van der Waals surface area contributed by atoms with Crippen molar-refractivity contribution < 1.29 is 0 Å². The van der Waals surface area contributed by atoms with Crippen molar-refractivity contribution >= 4 is 22.2 Å². The molecule has 22 heavy (non-hydrogen) atoms. The number of nitrogens with one attached hydrogen (secondary N) is 1. The van der Waals surface area contributed by atoms with Crippen LogP contribution in [0.4, 0.5) is 0 Å². The summed E-state index contributed by atoms with van der Waals surface area (Å²) < 4.78 is 2.17. The minimum absolute atomic E-state index is 0.119. The number of nitriles is 1. The number of thiophene rings is 1. The molecule has 1 fully saturated rings. The molecule has 0 aromatic carbocycles. The molecule has 1 N–H and O–H groups in total. The van der Waals surface area contributed by atoms with Gasteiger partial charge >= 0.3 is 0 Å². The van der Waals surface area contributed by atoms with Crippen molar-refractivity contribution in [1.29, 1.82) is 5.26 Å². The van der Waals surface area contributed by atoms with Crippen molar-refractivity contribution in [3.8, 4) is 17.2 Å². The third-order valence-electron chi connectivity index (χ3n) is 4.53. The summed E-state index contributed by atoms with van der Waals surface area (Å²) in [4.78, 5) is 15.1. The largest absolute Gasteiger partial charge is 0.342 e. The first-order valence-corrected chi connectivity index (χ1v) is 8.43. The molecule has 5 heteroatoms. The fraction of sp³-hybridized carbons (Fsp3) is 0.294. The standard InChI is InChI=1S/C17H15N3OS/c18-7-12-8-19-17(21)15-14(11-5-6-22-10-11)9-20(16(12)15)13-3-1-2-4-13/h5-6,8-10,13H,1-4H2,(H,19,21). The SMILES string of the molecule is N#Cc1c[nH]c(=O)c2c(-c3ccsc3)cn(C3CCCC3)c12. The van der Waals surface area contributed by atoms with Crippen molar-refractivity contribution in [3.05, 3.63) is 45.1 Å². The zero-order chi connectivity index (χ0) is 15.1. The molecule has 4 nitrogen and oxygen atoms in total. The highest BCUT2D eigenvalue weighted by molar-refractivity contribution is 7.08. The normalized spacial score (nSPS) is 15.4. The van der Waals surface area contributed by atoms with Crippen LogP contribution < -0.4 is 5.56 Å². The number of aromatic nitrogens is 2. The first-order chi connectivity index (χ1) is 10.8. The molecule has 0 amide bonds. The molecular formula is C17H15N3OS. The number of rotatable bonds is 2. The smallest absolute Gasteiger partial charge is 0.258 e. The second kappa shape index (κ2) is 5.15. The van der Waals surface area contributed by atoms with E-state index in [1.165, 1.54) is 19.0 Å². The van der Waals surface area contributed by atoms with Gasteiger partial charge in [0.15, 0.2) is 0 Å². The van der Waals surface area contributed by atoms with Crippen LogP contribution in [0.15, 0.2) is 34.0 Å². The highest BCUT2D eigenvalue weighted by Gasteiger charge is 2.24. The van der Waals surface area contributed by atoms with E-state index in [-0.39, 0.29) is 5.56 Å². The fourth-order valence-electron chi connectivity index (χ4n) is 3.50.